The largest absolute Gasteiger partial charge is 0.490 e. The summed E-state index contributed by atoms with van der Waals surface area (Å²) in [5.41, 5.74) is 3.16. The number of aliphatic hydroxyl groups excluding tert-OH is 1. The number of imidazole rings is 1. The van der Waals surface area contributed by atoms with Crippen LogP contribution in [-0.4, -0.2) is 62.6 Å². The molecular formula is C39H47ClFN3O6. The first-order valence-corrected chi connectivity index (χ1v) is 17.8. The first-order chi connectivity index (χ1) is 23.7. The molecule has 2 N–H and O–H groups in total. The Labute approximate surface area is 297 Å². The van der Waals surface area contributed by atoms with Crippen molar-refractivity contribution in [2.24, 2.45) is 0 Å². The average molecular weight is 708 g/mol. The number of piperidine rings is 1. The molecule has 3 aliphatic heterocycles. The van der Waals surface area contributed by atoms with Crippen molar-refractivity contribution in [1.82, 2.24) is 9.38 Å². The fourth-order valence-electron chi connectivity index (χ4n) is 7.13. The van der Waals surface area contributed by atoms with E-state index in [2.05, 4.69) is 11.8 Å². The standard InChI is InChI=1S/C39H47ClFN3O6/c1-23-10-7-8-19-48-39(6)15-17-43(18-16-39)36-31(33(37(46)47)50-38(3,4)5)24(2)29(22-45)35-42-32(34(40)44(35)36)26-12-9-11-25(20-26)28-21-27(41)13-14-30(28)49-23/h9,11-14,20-21,23,33,45H,7-8,10,15-19,22H2,1-6H3,(H,46,47)/t23-,33+/m1/s1. The summed E-state index contributed by atoms with van der Waals surface area (Å²) < 4.78 is 35.6. The highest BCUT2D eigenvalue weighted by Crippen LogP contribution is 2.44. The van der Waals surface area contributed by atoms with Gasteiger partial charge in [-0.3, -0.25) is 4.40 Å². The molecular weight excluding hydrogens is 661 g/mol. The number of ether oxygens (including phenoxy) is 3. The Hall–Kier alpha value is -3.70. The van der Waals surface area contributed by atoms with Gasteiger partial charge in [0.25, 0.3) is 0 Å². The van der Waals surface area contributed by atoms with Crippen LogP contribution in [0.3, 0.4) is 0 Å². The molecule has 5 heterocycles. The summed E-state index contributed by atoms with van der Waals surface area (Å²) in [6, 6.07) is 12.1. The van der Waals surface area contributed by atoms with Crippen molar-refractivity contribution in [3.05, 3.63) is 70.1 Å². The number of nitrogens with zero attached hydrogens (tertiary/aromatic N) is 3. The number of pyridine rings is 1. The Kier molecular flexibility index (Phi) is 10.2. The van der Waals surface area contributed by atoms with Crippen LogP contribution in [-0.2, 0) is 20.9 Å². The number of rotatable bonds is 4. The third-order valence-electron chi connectivity index (χ3n) is 9.81. The fourth-order valence-corrected chi connectivity index (χ4v) is 7.44. The molecule has 0 amide bonds. The van der Waals surface area contributed by atoms with Crippen LogP contribution in [0.2, 0.25) is 5.15 Å². The number of aromatic nitrogens is 2. The van der Waals surface area contributed by atoms with Gasteiger partial charge >= 0.3 is 5.97 Å². The van der Waals surface area contributed by atoms with E-state index in [9.17, 15) is 19.4 Å². The van der Waals surface area contributed by atoms with E-state index in [1.165, 1.54) is 12.1 Å². The minimum atomic E-state index is -1.35. The Morgan fingerprint density at radius 2 is 1.88 bits per heavy atom. The molecule has 0 aliphatic carbocycles. The monoisotopic (exact) mass is 707 g/mol. The first kappa shape index (κ1) is 36.1. The van der Waals surface area contributed by atoms with Gasteiger partial charge in [-0.05, 0) is 109 Å². The maximum absolute atomic E-state index is 14.7. The smallest absolute Gasteiger partial charge is 0.337 e. The summed E-state index contributed by atoms with van der Waals surface area (Å²) in [5, 5.41) is 21.7. The fraction of sp³-hybridized carbons (Fsp3) is 0.487. The Bertz CT molecular complexity index is 1900. The van der Waals surface area contributed by atoms with Crippen LogP contribution in [0.25, 0.3) is 28.0 Å². The number of fused-ring (bicyclic) bond motifs is 8. The molecule has 2 aromatic carbocycles. The molecule has 2 aromatic heterocycles. The minimum Gasteiger partial charge on any atom is -0.490 e. The van der Waals surface area contributed by atoms with E-state index in [1.807, 2.05) is 52.0 Å². The molecule has 2 atom stereocenters. The summed E-state index contributed by atoms with van der Waals surface area (Å²) >= 11 is 7.34. The number of carboxylic acid groups (broad SMARTS) is 1. The van der Waals surface area contributed by atoms with Crippen LogP contribution in [0.1, 0.15) is 89.5 Å². The lowest BCUT2D eigenvalue weighted by molar-refractivity contribution is -0.160. The van der Waals surface area contributed by atoms with Gasteiger partial charge in [-0.25, -0.2) is 14.2 Å². The maximum atomic E-state index is 14.7. The van der Waals surface area contributed by atoms with Gasteiger partial charge < -0.3 is 29.3 Å². The van der Waals surface area contributed by atoms with Crippen LogP contribution in [0.15, 0.2) is 42.5 Å². The highest BCUT2D eigenvalue weighted by atomic mass is 35.5. The SMILES string of the molecule is Cc1c([C@H](OC(C)(C)C)C(=O)O)c2n3c(Cl)c(nc3c1CO)-c1cccc(c1)-c1cc(F)ccc1O[C@H](C)CCCCOC1(C)CCN2CC1. The van der Waals surface area contributed by atoms with E-state index in [1.54, 1.807) is 17.4 Å². The van der Waals surface area contributed by atoms with Gasteiger partial charge in [-0.15, -0.1) is 0 Å². The number of anilines is 1. The van der Waals surface area contributed by atoms with Crippen molar-refractivity contribution in [3.63, 3.8) is 0 Å². The highest BCUT2D eigenvalue weighted by molar-refractivity contribution is 6.32. The highest BCUT2D eigenvalue weighted by Gasteiger charge is 2.39. The van der Waals surface area contributed by atoms with E-state index >= 15 is 0 Å². The zero-order chi connectivity index (χ0) is 36.0. The van der Waals surface area contributed by atoms with E-state index in [4.69, 9.17) is 30.8 Å². The topological polar surface area (TPSA) is 106 Å². The van der Waals surface area contributed by atoms with Gasteiger partial charge in [0, 0.05) is 42.0 Å². The minimum absolute atomic E-state index is 0.0932. The van der Waals surface area contributed by atoms with Crippen molar-refractivity contribution in [3.8, 4) is 28.1 Å². The number of benzene rings is 2. The molecule has 0 radical (unpaired) electrons. The molecule has 3 aliphatic rings. The molecule has 0 unspecified atom stereocenters. The van der Waals surface area contributed by atoms with Crippen LogP contribution in [0, 0.1) is 12.7 Å². The summed E-state index contributed by atoms with van der Waals surface area (Å²) in [6.07, 6.45) is 2.57. The van der Waals surface area contributed by atoms with Crippen LogP contribution < -0.4 is 9.64 Å². The number of aliphatic carboxylic acids is 1. The van der Waals surface area contributed by atoms with Crippen molar-refractivity contribution in [2.45, 2.75) is 104 Å². The Balaban J connectivity index is 1.62. The van der Waals surface area contributed by atoms with E-state index in [-0.39, 0.29) is 22.7 Å². The Morgan fingerprint density at radius 1 is 1.16 bits per heavy atom. The maximum Gasteiger partial charge on any atom is 0.337 e. The summed E-state index contributed by atoms with van der Waals surface area (Å²) in [6.45, 7) is 12.8. The molecule has 268 valence electrons. The first-order valence-electron chi connectivity index (χ1n) is 17.4. The van der Waals surface area contributed by atoms with Crippen LogP contribution in [0.5, 0.6) is 5.75 Å². The van der Waals surface area contributed by atoms with Gasteiger partial charge in [0.1, 0.15) is 33.9 Å². The Morgan fingerprint density at radius 3 is 2.56 bits per heavy atom. The summed E-state index contributed by atoms with van der Waals surface area (Å²) in [5.74, 6) is -0.390. The number of hydrogen-bond donors (Lipinski definition) is 2. The molecule has 0 saturated carbocycles. The zero-order valence-electron chi connectivity index (χ0n) is 29.7. The van der Waals surface area contributed by atoms with Gasteiger partial charge in [-0.1, -0.05) is 29.8 Å². The molecule has 1 fully saturated rings. The van der Waals surface area contributed by atoms with Crippen molar-refractivity contribution < 1.29 is 33.6 Å². The van der Waals surface area contributed by atoms with Gasteiger partial charge in [0.05, 0.1) is 23.9 Å². The van der Waals surface area contributed by atoms with Crippen molar-refractivity contribution >= 4 is 29.0 Å². The molecule has 50 heavy (non-hydrogen) atoms. The predicted octanol–water partition coefficient (Wildman–Crippen LogP) is 8.53. The second kappa shape index (κ2) is 14.1. The average Bonchev–Trinajstić information content (AvgIpc) is 3.40. The number of hydrogen-bond acceptors (Lipinski definition) is 7. The summed E-state index contributed by atoms with van der Waals surface area (Å²) in [7, 11) is 0. The normalized spacial score (nSPS) is 20.8. The molecule has 0 spiro atoms. The van der Waals surface area contributed by atoms with E-state index in [0.29, 0.717) is 83.3 Å². The third-order valence-corrected chi connectivity index (χ3v) is 10.2. The van der Waals surface area contributed by atoms with Gasteiger partial charge in [0.15, 0.2) is 6.10 Å². The number of aliphatic hydroxyl groups is 1. The van der Waals surface area contributed by atoms with Gasteiger partial charge in [-0.2, -0.15) is 0 Å². The second-order valence-corrected chi connectivity index (χ2v) is 15.1. The quantitative estimate of drug-likeness (QED) is 0.218. The lowest BCUT2D eigenvalue weighted by Gasteiger charge is -2.42. The van der Waals surface area contributed by atoms with Gasteiger partial charge in [0.2, 0.25) is 0 Å². The zero-order valence-corrected chi connectivity index (χ0v) is 30.4. The lowest BCUT2D eigenvalue weighted by atomic mass is 9.91. The lowest BCUT2D eigenvalue weighted by Crippen LogP contribution is -2.45. The second-order valence-electron chi connectivity index (χ2n) is 14.8. The van der Waals surface area contributed by atoms with Crippen LogP contribution >= 0.6 is 11.6 Å². The molecule has 9 nitrogen and oxygen atoms in total. The third kappa shape index (κ3) is 7.21. The van der Waals surface area contributed by atoms with Crippen LogP contribution in [0.4, 0.5) is 10.2 Å². The van der Waals surface area contributed by atoms with Crippen molar-refractivity contribution in [2.75, 3.05) is 24.6 Å². The van der Waals surface area contributed by atoms with E-state index in [0.717, 1.165) is 24.8 Å². The molecule has 7 rings (SSSR count). The molecule has 4 aromatic rings. The summed E-state index contributed by atoms with van der Waals surface area (Å²) in [4.78, 5) is 20.2. The molecule has 11 heteroatoms. The van der Waals surface area contributed by atoms with Crippen molar-refractivity contribution in [1.29, 1.82) is 0 Å². The predicted molar refractivity (Wildman–Crippen MR) is 193 cm³/mol. The van der Waals surface area contributed by atoms with E-state index < -0.39 is 24.3 Å². The number of halogens is 2. The molecule has 6 bridgehead atoms. The molecule has 1 saturated heterocycles. The number of carbonyl (C=O) groups is 1. The number of carboxylic acids is 1.